The number of anilines is 3. The van der Waals surface area contributed by atoms with Crippen LogP contribution in [0.15, 0.2) is 164 Å². The predicted molar refractivity (Wildman–Crippen MR) is 306 cm³/mol. The summed E-state index contributed by atoms with van der Waals surface area (Å²) in [6.07, 6.45) is 0. The lowest BCUT2D eigenvalue weighted by Gasteiger charge is -2.48. The Kier molecular flexibility index (Phi) is 11.9. The molecule has 0 unspecified atom stereocenters. The molecular formula is C67H69B2NO. The highest BCUT2D eigenvalue weighted by atomic mass is 16.5. The summed E-state index contributed by atoms with van der Waals surface area (Å²) in [4.78, 5) is 2.58. The summed E-state index contributed by atoms with van der Waals surface area (Å²) >= 11 is 0. The number of rotatable bonds is 9. The summed E-state index contributed by atoms with van der Waals surface area (Å²) in [6, 6.07) is 63.1. The molecule has 1 spiro atoms. The maximum Gasteiger partial charge on any atom is 0.240 e. The summed E-state index contributed by atoms with van der Waals surface area (Å²) in [5.41, 5.74) is 25.2. The van der Waals surface area contributed by atoms with Crippen LogP contribution < -0.4 is 42.4 Å². The van der Waals surface area contributed by atoms with E-state index in [4.69, 9.17) is 4.74 Å². The molecule has 354 valence electrons. The second-order valence-corrected chi connectivity index (χ2v) is 22.7. The molecule has 2 nitrogen and oxygen atoms in total. The monoisotopic (exact) mass is 926 g/mol. The fraction of sp³-hybridized carbons (Fsp3) is 0.284. The van der Waals surface area contributed by atoms with Gasteiger partial charge in [-0.3, -0.25) is 0 Å². The zero-order valence-electron chi connectivity index (χ0n) is 44.1. The number of fused-ring (bicyclic) bond motifs is 10. The van der Waals surface area contributed by atoms with Gasteiger partial charge in [-0.1, -0.05) is 243 Å². The summed E-state index contributed by atoms with van der Waals surface area (Å²) in [5.74, 6) is 4.05. The fourth-order valence-electron chi connectivity index (χ4n) is 13.0. The highest BCUT2D eigenvalue weighted by Crippen LogP contribution is 2.62. The molecule has 0 aliphatic carbocycles. The Bertz CT molecular complexity index is 3200. The first kappa shape index (κ1) is 46.8. The predicted octanol–water partition coefficient (Wildman–Crippen LogP) is 14.0. The van der Waals surface area contributed by atoms with Crippen molar-refractivity contribution in [3.8, 4) is 11.5 Å². The zero-order chi connectivity index (χ0) is 49.6. The molecule has 0 saturated heterocycles. The SMILES string of the molecule is CC(C)c1cc(C(C)C)c(B2c3ccccc3B(c3c(C(C)C)cc(C(C)C)cc3C(C)C)c3cc(N4c5ccccc5C5(c6ccccc6Oc6ccccc65)c5ccccc54)ccc32)c(C(C)C)c1. The smallest absolute Gasteiger partial charge is 0.240 e. The Morgan fingerprint density at radius 2 is 0.704 bits per heavy atom. The molecular weight excluding hydrogens is 856 g/mol. The molecule has 4 heteroatoms. The summed E-state index contributed by atoms with van der Waals surface area (Å²) in [5, 5.41) is 0. The van der Waals surface area contributed by atoms with Crippen molar-refractivity contribution < 1.29 is 4.74 Å². The van der Waals surface area contributed by atoms with Gasteiger partial charge in [0.05, 0.1) is 16.8 Å². The van der Waals surface area contributed by atoms with Crippen LogP contribution in [0.3, 0.4) is 0 Å². The third kappa shape index (κ3) is 7.29. The maximum absolute atomic E-state index is 6.76. The third-order valence-corrected chi connectivity index (χ3v) is 16.4. The van der Waals surface area contributed by atoms with Gasteiger partial charge in [0, 0.05) is 16.8 Å². The molecule has 0 bridgehead atoms. The lowest BCUT2D eigenvalue weighted by Crippen LogP contribution is -2.76. The van der Waals surface area contributed by atoms with Crippen molar-refractivity contribution in [2.24, 2.45) is 0 Å². The normalized spacial score (nSPS) is 14.3. The first-order valence-corrected chi connectivity index (χ1v) is 26.7. The second kappa shape index (κ2) is 18.0. The van der Waals surface area contributed by atoms with E-state index in [9.17, 15) is 0 Å². The van der Waals surface area contributed by atoms with Crippen molar-refractivity contribution in [3.63, 3.8) is 0 Å². The average molecular weight is 926 g/mol. The molecule has 8 aromatic rings. The number of hydrogen-bond donors (Lipinski definition) is 0. The van der Waals surface area contributed by atoms with Gasteiger partial charge in [-0.05, 0) is 116 Å². The van der Waals surface area contributed by atoms with Gasteiger partial charge in [-0.15, -0.1) is 0 Å². The van der Waals surface area contributed by atoms with Crippen LogP contribution in [0, 0.1) is 0 Å². The van der Waals surface area contributed by atoms with Crippen LogP contribution in [0.2, 0.25) is 0 Å². The van der Waals surface area contributed by atoms with E-state index >= 15 is 0 Å². The van der Waals surface area contributed by atoms with E-state index in [-0.39, 0.29) is 13.4 Å². The second-order valence-electron chi connectivity index (χ2n) is 22.7. The van der Waals surface area contributed by atoms with Crippen LogP contribution in [0.1, 0.15) is 174 Å². The van der Waals surface area contributed by atoms with E-state index in [1.165, 1.54) is 105 Å². The Balaban J connectivity index is 1.24. The molecule has 11 rings (SSSR count). The third-order valence-electron chi connectivity index (χ3n) is 16.4. The largest absolute Gasteiger partial charge is 0.457 e. The quantitative estimate of drug-likeness (QED) is 0.134. The molecule has 0 atom stereocenters. The summed E-state index contributed by atoms with van der Waals surface area (Å²) < 4.78 is 6.76. The highest BCUT2D eigenvalue weighted by molar-refractivity contribution is 7.11. The average Bonchev–Trinajstić information content (AvgIpc) is 3.37. The van der Waals surface area contributed by atoms with E-state index in [0.717, 1.165) is 11.5 Å². The highest BCUT2D eigenvalue weighted by Gasteiger charge is 2.51. The van der Waals surface area contributed by atoms with Crippen molar-refractivity contribution in [1.82, 2.24) is 0 Å². The Morgan fingerprint density at radius 3 is 1.11 bits per heavy atom. The fourth-order valence-corrected chi connectivity index (χ4v) is 13.0. The Morgan fingerprint density at radius 1 is 0.352 bits per heavy atom. The van der Waals surface area contributed by atoms with Crippen molar-refractivity contribution in [2.45, 2.75) is 124 Å². The molecule has 8 aromatic carbocycles. The lowest BCUT2D eigenvalue weighted by atomic mass is 9.20. The minimum atomic E-state index is -0.602. The van der Waals surface area contributed by atoms with E-state index in [1.807, 2.05) is 0 Å². The zero-order valence-corrected chi connectivity index (χ0v) is 44.1. The van der Waals surface area contributed by atoms with E-state index in [1.54, 1.807) is 0 Å². The van der Waals surface area contributed by atoms with Crippen LogP contribution in [-0.2, 0) is 5.41 Å². The summed E-state index contributed by atoms with van der Waals surface area (Å²) in [6.45, 7) is 28.7. The first-order chi connectivity index (χ1) is 34.2. The Hall–Kier alpha value is -6.51. The molecule has 0 amide bonds. The van der Waals surface area contributed by atoms with Gasteiger partial charge >= 0.3 is 0 Å². The molecule has 71 heavy (non-hydrogen) atoms. The first-order valence-electron chi connectivity index (χ1n) is 26.7. The van der Waals surface area contributed by atoms with Gasteiger partial charge in [-0.25, -0.2) is 0 Å². The summed E-state index contributed by atoms with van der Waals surface area (Å²) in [7, 11) is 0. The molecule has 3 aliphatic rings. The van der Waals surface area contributed by atoms with E-state index < -0.39 is 5.41 Å². The van der Waals surface area contributed by atoms with Gasteiger partial charge in [0.15, 0.2) is 0 Å². The van der Waals surface area contributed by atoms with Crippen LogP contribution in [0.25, 0.3) is 0 Å². The molecule has 3 heterocycles. The molecule has 0 aromatic heterocycles. The van der Waals surface area contributed by atoms with Crippen LogP contribution in [0.5, 0.6) is 11.5 Å². The van der Waals surface area contributed by atoms with Gasteiger partial charge in [0.2, 0.25) is 13.4 Å². The minimum Gasteiger partial charge on any atom is -0.457 e. The van der Waals surface area contributed by atoms with Crippen molar-refractivity contribution in [1.29, 1.82) is 0 Å². The molecule has 0 saturated carbocycles. The maximum atomic E-state index is 6.76. The van der Waals surface area contributed by atoms with Crippen LogP contribution in [0.4, 0.5) is 17.1 Å². The lowest BCUT2D eigenvalue weighted by molar-refractivity contribution is 0.434. The van der Waals surface area contributed by atoms with Crippen LogP contribution >= 0.6 is 0 Å². The topological polar surface area (TPSA) is 12.5 Å². The van der Waals surface area contributed by atoms with Gasteiger partial charge in [-0.2, -0.15) is 0 Å². The minimum absolute atomic E-state index is 0.0178. The number of hydrogen-bond acceptors (Lipinski definition) is 2. The number of para-hydroxylation sites is 4. The number of nitrogens with zero attached hydrogens (tertiary/aromatic N) is 1. The molecule has 0 radical (unpaired) electrons. The van der Waals surface area contributed by atoms with Gasteiger partial charge in [0.1, 0.15) is 11.5 Å². The van der Waals surface area contributed by atoms with Crippen molar-refractivity contribution in [2.75, 3.05) is 4.90 Å². The molecule has 3 aliphatic heterocycles. The molecule has 0 N–H and O–H groups in total. The van der Waals surface area contributed by atoms with Crippen molar-refractivity contribution in [3.05, 3.63) is 219 Å². The number of ether oxygens (including phenoxy) is 1. The van der Waals surface area contributed by atoms with Gasteiger partial charge < -0.3 is 9.64 Å². The number of benzene rings is 8. The van der Waals surface area contributed by atoms with Crippen molar-refractivity contribution >= 4 is 63.3 Å². The Labute approximate surface area is 425 Å². The standard InChI is InChI=1S/C67H69B2NO/c1-40(2)46-35-49(42(5)6)65(50(36-46)43(7)8)68-57-27-17-18-28-58(57)69(66-51(44(9)10)37-47(41(3)4)38-52(66)45(11)12)60-39-48(33-34-59(60)68)70-61-29-19-13-23-53(61)67(54-24-14-20-30-62(54)70)55-25-15-21-31-63(55)71-64-32-22-16-26-56(64)67/h13-45H,1-12H3. The van der Waals surface area contributed by atoms with E-state index in [2.05, 4.69) is 252 Å². The van der Waals surface area contributed by atoms with Crippen LogP contribution in [-0.4, -0.2) is 13.4 Å². The van der Waals surface area contributed by atoms with E-state index in [0.29, 0.717) is 35.5 Å². The van der Waals surface area contributed by atoms with Gasteiger partial charge in [0.25, 0.3) is 0 Å². The molecule has 0 fully saturated rings.